The number of halogens is 1. The number of hydrogen-bond acceptors (Lipinski definition) is 3. The van der Waals surface area contributed by atoms with Crippen LogP contribution in [0.4, 0.5) is 4.39 Å². The zero-order valence-corrected chi connectivity index (χ0v) is 17.0. The van der Waals surface area contributed by atoms with Crippen LogP contribution in [-0.2, 0) is 22.7 Å². The monoisotopic (exact) mass is 408 g/mol. The molecule has 1 fully saturated rings. The summed E-state index contributed by atoms with van der Waals surface area (Å²) < 4.78 is 15.4. The van der Waals surface area contributed by atoms with Gasteiger partial charge in [0.2, 0.25) is 11.8 Å². The van der Waals surface area contributed by atoms with Gasteiger partial charge in [-0.15, -0.1) is 0 Å². The van der Waals surface area contributed by atoms with Crippen LogP contribution in [0.5, 0.6) is 0 Å². The lowest BCUT2D eigenvalue weighted by Gasteiger charge is -2.24. The van der Waals surface area contributed by atoms with Crippen molar-refractivity contribution < 1.29 is 14.0 Å². The second-order valence-corrected chi connectivity index (χ2v) is 7.78. The molecule has 6 nitrogen and oxygen atoms in total. The van der Waals surface area contributed by atoms with Crippen molar-refractivity contribution in [3.8, 4) is 0 Å². The van der Waals surface area contributed by atoms with Crippen molar-refractivity contribution in [1.29, 1.82) is 0 Å². The summed E-state index contributed by atoms with van der Waals surface area (Å²) in [5, 5.41) is 8.47. The number of rotatable bonds is 7. The molecule has 1 N–H and O–H groups in total. The van der Waals surface area contributed by atoms with E-state index < -0.39 is 6.04 Å². The molecule has 0 spiro atoms. The molecule has 30 heavy (non-hydrogen) atoms. The van der Waals surface area contributed by atoms with Gasteiger partial charge in [0.1, 0.15) is 11.9 Å². The van der Waals surface area contributed by atoms with Gasteiger partial charge < -0.3 is 10.2 Å². The average Bonchev–Trinajstić information content (AvgIpc) is 3.28. The van der Waals surface area contributed by atoms with E-state index in [9.17, 15) is 14.0 Å². The van der Waals surface area contributed by atoms with Crippen molar-refractivity contribution in [3.63, 3.8) is 0 Å². The van der Waals surface area contributed by atoms with Crippen LogP contribution in [0, 0.1) is 12.7 Å². The molecule has 2 aromatic carbocycles. The summed E-state index contributed by atoms with van der Waals surface area (Å²) in [6.45, 7) is 3.50. The van der Waals surface area contributed by atoms with Gasteiger partial charge in [0.25, 0.3) is 0 Å². The van der Waals surface area contributed by atoms with Gasteiger partial charge >= 0.3 is 0 Å². The van der Waals surface area contributed by atoms with E-state index in [0.717, 1.165) is 17.3 Å². The van der Waals surface area contributed by atoms with E-state index in [0.29, 0.717) is 31.5 Å². The highest BCUT2D eigenvalue weighted by atomic mass is 19.1. The molecule has 1 unspecified atom stereocenters. The second kappa shape index (κ2) is 8.65. The molecule has 0 aliphatic carbocycles. The van der Waals surface area contributed by atoms with Gasteiger partial charge in [0.15, 0.2) is 0 Å². The van der Waals surface area contributed by atoms with Crippen LogP contribution in [0.2, 0.25) is 0 Å². The predicted octanol–water partition coefficient (Wildman–Crippen LogP) is 3.18. The first kappa shape index (κ1) is 20.1. The summed E-state index contributed by atoms with van der Waals surface area (Å²) in [6.07, 6.45) is 3.41. The SMILES string of the molecule is Cc1ccc2cnn(CCCNC(=O)C3CCC(=O)N3Cc3cccc(F)c3)c2c1. The van der Waals surface area contributed by atoms with Gasteiger partial charge in [-0.2, -0.15) is 5.10 Å². The van der Waals surface area contributed by atoms with Gasteiger partial charge in [-0.25, -0.2) is 4.39 Å². The normalized spacial score (nSPS) is 16.4. The Bertz CT molecular complexity index is 1080. The van der Waals surface area contributed by atoms with Crippen LogP contribution in [0.1, 0.15) is 30.4 Å². The number of hydrogen-bond donors (Lipinski definition) is 1. The highest BCUT2D eigenvalue weighted by molar-refractivity contribution is 5.90. The highest BCUT2D eigenvalue weighted by Gasteiger charge is 2.35. The molecule has 1 aliphatic heterocycles. The van der Waals surface area contributed by atoms with Crippen molar-refractivity contribution in [2.45, 2.75) is 45.3 Å². The van der Waals surface area contributed by atoms with Gasteiger partial charge in [0.05, 0.1) is 11.7 Å². The summed E-state index contributed by atoms with van der Waals surface area (Å²) in [7, 11) is 0. The molecule has 1 atom stereocenters. The van der Waals surface area contributed by atoms with Crippen LogP contribution in [0.3, 0.4) is 0 Å². The van der Waals surface area contributed by atoms with Gasteiger partial charge in [-0.05, 0) is 49.1 Å². The van der Waals surface area contributed by atoms with Crippen molar-refractivity contribution >= 4 is 22.7 Å². The second-order valence-electron chi connectivity index (χ2n) is 7.78. The third kappa shape index (κ3) is 4.35. The fraction of sp³-hybridized carbons (Fsp3) is 0.348. The van der Waals surface area contributed by atoms with Crippen molar-refractivity contribution in [2.24, 2.45) is 0 Å². The largest absolute Gasteiger partial charge is 0.354 e. The predicted molar refractivity (Wildman–Crippen MR) is 112 cm³/mol. The lowest BCUT2D eigenvalue weighted by molar-refractivity contribution is -0.135. The summed E-state index contributed by atoms with van der Waals surface area (Å²) in [6, 6.07) is 11.9. The maximum absolute atomic E-state index is 13.4. The molecule has 2 heterocycles. The van der Waals surface area contributed by atoms with E-state index in [1.54, 1.807) is 17.0 Å². The Labute approximate surface area is 174 Å². The van der Waals surface area contributed by atoms with E-state index in [-0.39, 0.29) is 24.2 Å². The summed E-state index contributed by atoms with van der Waals surface area (Å²) >= 11 is 0. The molecule has 0 saturated carbocycles. The maximum atomic E-state index is 13.4. The number of nitrogens with zero attached hydrogens (tertiary/aromatic N) is 3. The number of likely N-dealkylation sites (tertiary alicyclic amines) is 1. The maximum Gasteiger partial charge on any atom is 0.242 e. The number of aryl methyl sites for hydroxylation is 2. The van der Waals surface area contributed by atoms with Gasteiger partial charge in [-0.3, -0.25) is 14.3 Å². The first-order valence-corrected chi connectivity index (χ1v) is 10.2. The number of fused-ring (bicyclic) bond motifs is 1. The molecule has 1 aromatic heterocycles. The Morgan fingerprint density at radius 2 is 2.13 bits per heavy atom. The molecule has 0 bridgehead atoms. The molecule has 7 heteroatoms. The first-order chi connectivity index (χ1) is 14.5. The minimum Gasteiger partial charge on any atom is -0.354 e. The van der Waals surface area contributed by atoms with E-state index in [1.807, 2.05) is 10.9 Å². The topological polar surface area (TPSA) is 67.2 Å². The number of carbonyl (C=O) groups is 2. The zero-order valence-electron chi connectivity index (χ0n) is 17.0. The molecular weight excluding hydrogens is 383 g/mol. The molecule has 156 valence electrons. The van der Waals surface area contributed by atoms with E-state index in [2.05, 4.69) is 35.5 Å². The highest BCUT2D eigenvalue weighted by Crippen LogP contribution is 2.22. The molecule has 1 aliphatic rings. The van der Waals surface area contributed by atoms with E-state index in [1.165, 1.54) is 17.7 Å². The smallest absolute Gasteiger partial charge is 0.242 e. The number of benzene rings is 2. The van der Waals surface area contributed by atoms with Crippen molar-refractivity contribution in [3.05, 3.63) is 65.6 Å². The van der Waals surface area contributed by atoms with Crippen LogP contribution < -0.4 is 5.32 Å². The standard InChI is InChI=1S/C23H25FN4O2/c1-16-6-7-18-14-26-28(21(18)12-16)11-3-10-25-23(30)20-8-9-22(29)27(20)15-17-4-2-5-19(24)13-17/h2,4-7,12-14,20H,3,8-11,15H2,1H3,(H,25,30). The lowest BCUT2D eigenvalue weighted by atomic mass is 10.1. The molecule has 1 saturated heterocycles. The molecule has 3 aromatic rings. The van der Waals surface area contributed by atoms with E-state index in [4.69, 9.17) is 0 Å². The van der Waals surface area contributed by atoms with E-state index >= 15 is 0 Å². The summed E-state index contributed by atoms with van der Waals surface area (Å²) in [5.74, 6) is -0.572. The summed E-state index contributed by atoms with van der Waals surface area (Å²) in [4.78, 5) is 26.5. The van der Waals surface area contributed by atoms with Crippen LogP contribution in [-0.4, -0.2) is 39.1 Å². The Morgan fingerprint density at radius 1 is 1.27 bits per heavy atom. The Morgan fingerprint density at radius 3 is 2.97 bits per heavy atom. The average molecular weight is 408 g/mol. The molecular formula is C23H25FN4O2. The quantitative estimate of drug-likeness (QED) is 0.611. The molecule has 2 amide bonds. The van der Waals surface area contributed by atoms with Gasteiger partial charge in [0, 0.05) is 31.4 Å². The zero-order chi connectivity index (χ0) is 21.1. The molecule has 0 radical (unpaired) electrons. The number of amides is 2. The van der Waals surface area contributed by atoms with Crippen LogP contribution >= 0.6 is 0 Å². The Kier molecular flexibility index (Phi) is 5.79. The number of aromatic nitrogens is 2. The first-order valence-electron chi connectivity index (χ1n) is 10.2. The fourth-order valence-corrected chi connectivity index (χ4v) is 3.95. The lowest BCUT2D eigenvalue weighted by Crippen LogP contribution is -2.44. The third-order valence-corrected chi connectivity index (χ3v) is 5.52. The number of carbonyl (C=O) groups excluding carboxylic acids is 2. The summed E-state index contributed by atoms with van der Waals surface area (Å²) in [5.41, 5.74) is 2.95. The van der Waals surface area contributed by atoms with Crippen molar-refractivity contribution in [2.75, 3.05) is 6.54 Å². The minimum absolute atomic E-state index is 0.0715. The van der Waals surface area contributed by atoms with Crippen molar-refractivity contribution in [1.82, 2.24) is 20.0 Å². The fourth-order valence-electron chi connectivity index (χ4n) is 3.95. The minimum atomic E-state index is -0.506. The van der Waals surface area contributed by atoms with Crippen LogP contribution in [0.25, 0.3) is 10.9 Å². The number of nitrogens with one attached hydrogen (secondary N) is 1. The van der Waals surface area contributed by atoms with Crippen LogP contribution in [0.15, 0.2) is 48.7 Å². The Balaban J connectivity index is 1.31. The Hall–Kier alpha value is -3.22. The van der Waals surface area contributed by atoms with Gasteiger partial charge in [-0.1, -0.05) is 24.3 Å². The third-order valence-electron chi connectivity index (χ3n) is 5.52. The molecule has 4 rings (SSSR count).